The van der Waals surface area contributed by atoms with E-state index >= 15 is 0 Å². The van der Waals surface area contributed by atoms with Gasteiger partial charge in [-0.25, -0.2) is 4.98 Å². The van der Waals surface area contributed by atoms with Gasteiger partial charge in [0, 0.05) is 44.4 Å². The van der Waals surface area contributed by atoms with Crippen LogP contribution >= 0.6 is 0 Å². The molecule has 0 atom stereocenters. The third-order valence-corrected chi connectivity index (χ3v) is 4.61. The van der Waals surface area contributed by atoms with Crippen molar-refractivity contribution in [3.63, 3.8) is 0 Å². The molecule has 0 unspecified atom stereocenters. The Morgan fingerprint density at radius 2 is 2.00 bits per heavy atom. The van der Waals surface area contributed by atoms with Crippen LogP contribution in [0.25, 0.3) is 0 Å². The first-order valence-electron chi connectivity index (χ1n) is 8.53. The second-order valence-electron chi connectivity index (χ2n) is 7.66. The molecule has 0 bridgehead atoms. The molecule has 3 rings (SSSR count). The zero-order chi connectivity index (χ0) is 17.3. The zero-order valence-electron chi connectivity index (χ0n) is 15.3. The third-order valence-electron chi connectivity index (χ3n) is 4.61. The molecule has 6 nitrogen and oxygen atoms in total. The molecule has 2 aromatic rings. The van der Waals surface area contributed by atoms with E-state index in [1.165, 1.54) is 0 Å². The lowest BCUT2D eigenvalue weighted by Gasteiger charge is -2.44. The fourth-order valence-electron chi connectivity index (χ4n) is 2.81. The van der Waals surface area contributed by atoms with Gasteiger partial charge in [-0.15, -0.1) is 5.10 Å². The van der Waals surface area contributed by atoms with E-state index in [0.717, 1.165) is 49.2 Å². The van der Waals surface area contributed by atoms with Crippen molar-refractivity contribution in [1.29, 1.82) is 0 Å². The maximum absolute atomic E-state index is 5.53. The largest absolute Gasteiger partial charge is 0.446 e. The second kappa shape index (κ2) is 6.51. The fourth-order valence-corrected chi connectivity index (χ4v) is 2.81. The molecule has 0 N–H and O–H groups in total. The Hall–Kier alpha value is -1.95. The molecule has 0 radical (unpaired) electrons. The Morgan fingerprint density at radius 3 is 2.54 bits per heavy atom. The summed E-state index contributed by atoms with van der Waals surface area (Å²) in [5.41, 5.74) is 1.07. The Bertz CT molecular complexity index is 667. The summed E-state index contributed by atoms with van der Waals surface area (Å²) < 4.78 is 5.53. The standard InChI is InChI=1S/C18H27N5O/c1-13-19-10-15(24-13)8-9-22(5)14-11-23(12-14)17-7-6-16(20-21-17)18(2,3)4/h6-7,10,14H,8-9,11-12H2,1-5H3. The van der Waals surface area contributed by atoms with Crippen molar-refractivity contribution in [2.45, 2.75) is 45.6 Å². The first-order chi connectivity index (χ1) is 11.3. The molecule has 1 aliphatic rings. The summed E-state index contributed by atoms with van der Waals surface area (Å²) in [4.78, 5) is 8.80. The average Bonchev–Trinajstić information content (AvgIpc) is 2.89. The topological polar surface area (TPSA) is 58.3 Å². The molecule has 130 valence electrons. The molecule has 6 heteroatoms. The molecule has 0 aliphatic carbocycles. The van der Waals surface area contributed by atoms with Gasteiger partial charge in [-0.2, -0.15) is 5.10 Å². The van der Waals surface area contributed by atoms with Gasteiger partial charge in [0.15, 0.2) is 11.7 Å². The van der Waals surface area contributed by atoms with E-state index in [4.69, 9.17) is 4.42 Å². The van der Waals surface area contributed by atoms with Crippen LogP contribution in [0.4, 0.5) is 5.82 Å². The van der Waals surface area contributed by atoms with Crippen LogP contribution in [-0.2, 0) is 11.8 Å². The maximum Gasteiger partial charge on any atom is 0.191 e. The van der Waals surface area contributed by atoms with E-state index in [9.17, 15) is 0 Å². The zero-order valence-corrected chi connectivity index (χ0v) is 15.3. The monoisotopic (exact) mass is 329 g/mol. The molecule has 1 fully saturated rings. The van der Waals surface area contributed by atoms with Crippen molar-refractivity contribution in [3.8, 4) is 0 Å². The summed E-state index contributed by atoms with van der Waals surface area (Å²) in [7, 11) is 2.17. The van der Waals surface area contributed by atoms with E-state index in [-0.39, 0.29) is 5.41 Å². The van der Waals surface area contributed by atoms with Gasteiger partial charge in [-0.1, -0.05) is 20.8 Å². The fraction of sp³-hybridized carbons (Fsp3) is 0.611. The smallest absolute Gasteiger partial charge is 0.191 e. The molecule has 0 saturated carbocycles. The van der Waals surface area contributed by atoms with Gasteiger partial charge in [-0.3, -0.25) is 4.90 Å². The number of anilines is 1. The van der Waals surface area contributed by atoms with Gasteiger partial charge in [-0.05, 0) is 19.2 Å². The predicted molar refractivity (Wildman–Crippen MR) is 94.3 cm³/mol. The lowest BCUT2D eigenvalue weighted by Crippen LogP contribution is -2.59. The number of hydrogen-bond acceptors (Lipinski definition) is 6. The van der Waals surface area contributed by atoms with Crippen molar-refractivity contribution in [3.05, 3.63) is 35.7 Å². The van der Waals surface area contributed by atoms with Crippen LogP contribution in [0.1, 0.15) is 38.1 Å². The summed E-state index contributed by atoms with van der Waals surface area (Å²) in [6.07, 6.45) is 2.72. The average molecular weight is 329 g/mol. The number of rotatable bonds is 5. The Morgan fingerprint density at radius 1 is 1.25 bits per heavy atom. The van der Waals surface area contributed by atoms with E-state index in [1.54, 1.807) is 0 Å². The van der Waals surface area contributed by atoms with E-state index in [0.29, 0.717) is 6.04 Å². The lowest BCUT2D eigenvalue weighted by molar-refractivity contribution is 0.203. The van der Waals surface area contributed by atoms with Crippen LogP contribution in [-0.4, -0.2) is 52.8 Å². The van der Waals surface area contributed by atoms with Crippen LogP contribution in [0.3, 0.4) is 0 Å². The van der Waals surface area contributed by atoms with Gasteiger partial charge in [0.2, 0.25) is 0 Å². The molecule has 2 aromatic heterocycles. The first kappa shape index (κ1) is 16.9. The van der Waals surface area contributed by atoms with Crippen LogP contribution in [0.15, 0.2) is 22.7 Å². The highest BCUT2D eigenvalue weighted by molar-refractivity contribution is 5.42. The van der Waals surface area contributed by atoms with Gasteiger partial charge in [0.05, 0.1) is 11.9 Å². The van der Waals surface area contributed by atoms with Crippen molar-refractivity contribution >= 4 is 5.82 Å². The summed E-state index contributed by atoms with van der Waals surface area (Å²) in [5.74, 6) is 2.66. The minimum atomic E-state index is 0.0439. The van der Waals surface area contributed by atoms with Crippen molar-refractivity contribution < 1.29 is 4.42 Å². The van der Waals surface area contributed by atoms with Gasteiger partial charge in [0.25, 0.3) is 0 Å². The summed E-state index contributed by atoms with van der Waals surface area (Å²) in [6, 6.07) is 4.73. The number of hydrogen-bond donors (Lipinski definition) is 0. The van der Waals surface area contributed by atoms with Gasteiger partial charge in [0.1, 0.15) is 5.76 Å². The minimum absolute atomic E-state index is 0.0439. The van der Waals surface area contributed by atoms with Crippen LogP contribution in [0, 0.1) is 6.92 Å². The highest BCUT2D eigenvalue weighted by Crippen LogP contribution is 2.24. The highest BCUT2D eigenvalue weighted by atomic mass is 16.3. The molecule has 3 heterocycles. The van der Waals surface area contributed by atoms with Crippen molar-refractivity contribution in [2.75, 3.05) is 31.6 Å². The number of aryl methyl sites for hydroxylation is 1. The molecule has 0 amide bonds. The molecule has 24 heavy (non-hydrogen) atoms. The summed E-state index contributed by atoms with van der Waals surface area (Å²) >= 11 is 0. The Balaban J connectivity index is 1.48. The SMILES string of the molecule is Cc1ncc(CCN(C)C2CN(c3ccc(C(C)(C)C)nn3)C2)o1. The van der Waals surface area contributed by atoms with Crippen LogP contribution in [0.5, 0.6) is 0 Å². The minimum Gasteiger partial charge on any atom is -0.446 e. The van der Waals surface area contributed by atoms with E-state index in [1.807, 2.05) is 13.1 Å². The lowest BCUT2D eigenvalue weighted by atomic mass is 9.92. The number of oxazole rings is 1. The van der Waals surface area contributed by atoms with E-state index in [2.05, 4.69) is 64.9 Å². The Labute approximate surface area is 143 Å². The molecule has 1 aliphatic heterocycles. The van der Waals surface area contributed by atoms with Gasteiger partial charge >= 0.3 is 0 Å². The van der Waals surface area contributed by atoms with Crippen molar-refractivity contribution in [2.24, 2.45) is 0 Å². The van der Waals surface area contributed by atoms with Crippen molar-refractivity contribution in [1.82, 2.24) is 20.1 Å². The number of likely N-dealkylation sites (N-methyl/N-ethyl adjacent to an activating group) is 1. The quantitative estimate of drug-likeness (QED) is 0.840. The Kier molecular flexibility index (Phi) is 4.58. The van der Waals surface area contributed by atoms with Crippen LogP contribution < -0.4 is 4.90 Å². The van der Waals surface area contributed by atoms with Crippen LogP contribution in [0.2, 0.25) is 0 Å². The normalized spacial score (nSPS) is 15.8. The summed E-state index contributed by atoms with van der Waals surface area (Å²) in [5, 5.41) is 8.77. The second-order valence-corrected chi connectivity index (χ2v) is 7.66. The van der Waals surface area contributed by atoms with E-state index < -0.39 is 0 Å². The highest BCUT2D eigenvalue weighted by Gasteiger charge is 2.31. The third kappa shape index (κ3) is 3.75. The molecule has 0 spiro atoms. The molecule has 1 saturated heterocycles. The van der Waals surface area contributed by atoms with Gasteiger partial charge < -0.3 is 9.32 Å². The number of nitrogens with zero attached hydrogens (tertiary/aromatic N) is 5. The maximum atomic E-state index is 5.53. The number of aromatic nitrogens is 3. The molecule has 0 aromatic carbocycles. The first-order valence-corrected chi connectivity index (χ1v) is 8.53. The predicted octanol–water partition coefficient (Wildman–Crippen LogP) is 2.43. The summed E-state index contributed by atoms with van der Waals surface area (Å²) in [6.45, 7) is 11.3. The molecular weight excluding hydrogens is 302 g/mol. The molecular formula is C18H27N5O.